The molecule has 0 unspecified atom stereocenters. The van der Waals surface area contributed by atoms with Gasteiger partial charge in [-0.15, -0.1) is 0 Å². The number of likely N-dealkylation sites (tertiary alicyclic amines) is 1. The zero-order valence-electron chi connectivity index (χ0n) is 14.9. The summed E-state index contributed by atoms with van der Waals surface area (Å²) in [6.07, 6.45) is 6.36. The number of hydrogen-bond donors (Lipinski definition) is 2. The lowest BCUT2D eigenvalue weighted by molar-refractivity contribution is -0.127. The van der Waals surface area contributed by atoms with Crippen LogP contribution in [0.1, 0.15) is 44.1 Å². The lowest BCUT2D eigenvalue weighted by atomic mass is 9.96. The van der Waals surface area contributed by atoms with Gasteiger partial charge in [0.25, 0.3) is 0 Å². The van der Waals surface area contributed by atoms with Crippen LogP contribution in [0.15, 0.2) is 30.3 Å². The third kappa shape index (κ3) is 5.56. The first-order valence-corrected chi connectivity index (χ1v) is 9.54. The van der Waals surface area contributed by atoms with Crippen LogP contribution in [-0.2, 0) is 16.1 Å². The summed E-state index contributed by atoms with van der Waals surface area (Å²) in [6, 6.07) is 10.4. The molecule has 2 fully saturated rings. The van der Waals surface area contributed by atoms with Gasteiger partial charge in [0.2, 0.25) is 11.8 Å². The van der Waals surface area contributed by atoms with Gasteiger partial charge >= 0.3 is 0 Å². The van der Waals surface area contributed by atoms with Gasteiger partial charge in [0.1, 0.15) is 0 Å². The molecule has 2 N–H and O–H groups in total. The highest BCUT2D eigenvalue weighted by atomic mass is 16.2. The molecule has 3 rings (SSSR count). The number of carbonyl (C=O) groups is 2. The number of nitrogens with one attached hydrogen (secondary N) is 2. The standard InChI is InChI=1S/C20H29N3O2/c24-19(22-18-8-4-5-9-18)15-23-12-10-17(11-13-23)20(25)21-14-16-6-2-1-3-7-16/h1-3,6-7,17-18H,4-5,8-15H2,(H,21,25)(H,22,24). The summed E-state index contributed by atoms with van der Waals surface area (Å²) in [6.45, 7) is 2.70. The number of rotatable bonds is 6. The summed E-state index contributed by atoms with van der Waals surface area (Å²) >= 11 is 0. The first-order valence-electron chi connectivity index (χ1n) is 9.54. The molecule has 1 aromatic carbocycles. The molecular weight excluding hydrogens is 314 g/mol. The van der Waals surface area contributed by atoms with Crippen LogP contribution in [0.5, 0.6) is 0 Å². The number of amides is 2. The van der Waals surface area contributed by atoms with Gasteiger partial charge in [-0.2, -0.15) is 0 Å². The highest BCUT2D eigenvalue weighted by Crippen LogP contribution is 2.19. The molecule has 0 bridgehead atoms. The Balaban J connectivity index is 1.34. The maximum Gasteiger partial charge on any atom is 0.234 e. The van der Waals surface area contributed by atoms with Crippen LogP contribution in [0.2, 0.25) is 0 Å². The van der Waals surface area contributed by atoms with Gasteiger partial charge in [-0.05, 0) is 44.3 Å². The predicted molar refractivity (Wildman–Crippen MR) is 97.9 cm³/mol. The number of carbonyl (C=O) groups excluding carboxylic acids is 2. The van der Waals surface area contributed by atoms with Crippen molar-refractivity contribution in [1.82, 2.24) is 15.5 Å². The van der Waals surface area contributed by atoms with Gasteiger partial charge in [-0.1, -0.05) is 43.2 Å². The number of hydrogen-bond acceptors (Lipinski definition) is 3. The monoisotopic (exact) mass is 343 g/mol. The number of benzene rings is 1. The second-order valence-corrected chi connectivity index (χ2v) is 7.30. The molecule has 2 aliphatic rings. The van der Waals surface area contributed by atoms with Gasteiger partial charge in [0, 0.05) is 18.5 Å². The Bertz CT molecular complexity index is 562. The van der Waals surface area contributed by atoms with Crippen LogP contribution in [0.4, 0.5) is 0 Å². The van der Waals surface area contributed by atoms with E-state index in [1.807, 2.05) is 30.3 Å². The van der Waals surface area contributed by atoms with Gasteiger partial charge < -0.3 is 10.6 Å². The maximum absolute atomic E-state index is 12.3. The fourth-order valence-corrected chi connectivity index (χ4v) is 3.83. The average molecular weight is 343 g/mol. The Labute approximate surface area is 150 Å². The summed E-state index contributed by atoms with van der Waals surface area (Å²) in [7, 11) is 0. The molecule has 1 aliphatic carbocycles. The molecule has 0 spiro atoms. The lowest BCUT2D eigenvalue weighted by Crippen LogP contribution is -2.45. The smallest absolute Gasteiger partial charge is 0.234 e. The van der Waals surface area contributed by atoms with Crippen LogP contribution in [0.3, 0.4) is 0 Å². The third-order valence-corrected chi connectivity index (χ3v) is 5.36. The van der Waals surface area contributed by atoms with E-state index in [-0.39, 0.29) is 17.7 Å². The van der Waals surface area contributed by atoms with Gasteiger partial charge in [0.05, 0.1) is 6.54 Å². The molecular formula is C20H29N3O2. The highest BCUT2D eigenvalue weighted by molar-refractivity contribution is 5.79. The van der Waals surface area contributed by atoms with Gasteiger partial charge in [-0.25, -0.2) is 0 Å². The fraction of sp³-hybridized carbons (Fsp3) is 0.600. The molecule has 1 aliphatic heterocycles. The zero-order valence-corrected chi connectivity index (χ0v) is 14.9. The molecule has 0 atom stereocenters. The highest BCUT2D eigenvalue weighted by Gasteiger charge is 2.26. The second-order valence-electron chi connectivity index (χ2n) is 7.30. The topological polar surface area (TPSA) is 61.4 Å². The SMILES string of the molecule is O=C(CN1CCC(C(=O)NCc2ccccc2)CC1)NC1CCCC1. The van der Waals surface area contributed by atoms with E-state index in [1.54, 1.807) is 0 Å². The van der Waals surface area contributed by atoms with Crippen molar-refractivity contribution in [2.45, 2.75) is 51.1 Å². The maximum atomic E-state index is 12.3. The van der Waals surface area contributed by atoms with Gasteiger partial charge in [-0.3, -0.25) is 14.5 Å². The van der Waals surface area contributed by atoms with E-state index in [4.69, 9.17) is 0 Å². The number of nitrogens with zero attached hydrogens (tertiary/aromatic N) is 1. The van der Waals surface area contributed by atoms with E-state index < -0.39 is 0 Å². The molecule has 1 saturated carbocycles. The Morgan fingerprint density at radius 2 is 1.68 bits per heavy atom. The lowest BCUT2D eigenvalue weighted by Gasteiger charge is -2.31. The van der Waals surface area contributed by atoms with Crippen molar-refractivity contribution in [2.75, 3.05) is 19.6 Å². The Morgan fingerprint density at radius 3 is 2.36 bits per heavy atom. The average Bonchev–Trinajstić information content (AvgIpc) is 3.14. The van der Waals surface area contributed by atoms with Crippen LogP contribution in [0, 0.1) is 5.92 Å². The first kappa shape index (κ1) is 17.9. The van der Waals surface area contributed by atoms with Crippen LogP contribution in [0.25, 0.3) is 0 Å². The Morgan fingerprint density at radius 1 is 1.00 bits per heavy atom. The van der Waals surface area contributed by atoms with E-state index in [0.29, 0.717) is 19.1 Å². The molecule has 5 heteroatoms. The zero-order chi connectivity index (χ0) is 17.5. The van der Waals surface area contributed by atoms with Crippen molar-refractivity contribution in [2.24, 2.45) is 5.92 Å². The van der Waals surface area contributed by atoms with Crippen LogP contribution in [-0.4, -0.2) is 42.4 Å². The van der Waals surface area contributed by atoms with Crippen LogP contribution >= 0.6 is 0 Å². The van der Waals surface area contributed by atoms with Crippen LogP contribution < -0.4 is 10.6 Å². The minimum Gasteiger partial charge on any atom is -0.352 e. The van der Waals surface area contributed by atoms with Crippen molar-refractivity contribution in [1.29, 1.82) is 0 Å². The summed E-state index contributed by atoms with van der Waals surface area (Å²) < 4.78 is 0. The van der Waals surface area contributed by atoms with Crippen molar-refractivity contribution in [3.63, 3.8) is 0 Å². The van der Waals surface area contributed by atoms with E-state index in [0.717, 1.165) is 44.3 Å². The third-order valence-electron chi connectivity index (χ3n) is 5.36. The summed E-state index contributed by atoms with van der Waals surface area (Å²) in [5.41, 5.74) is 1.12. The molecule has 1 heterocycles. The quantitative estimate of drug-likeness (QED) is 0.831. The molecule has 1 saturated heterocycles. The summed E-state index contributed by atoms with van der Waals surface area (Å²) in [5.74, 6) is 0.343. The molecule has 1 aromatic rings. The minimum absolute atomic E-state index is 0.0675. The molecule has 0 radical (unpaired) electrons. The fourth-order valence-electron chi connectivity index (χ4n) is 3.83. The van der Waals surface area contributed by atoms with E-state index in [9.17, 15) is 9.59 Å². The van der Waals surface area contributed by atoms with Crippen molar-refractivity contribution in [3.05, 3.63) is 35.9 Å². The Kier molecular flexibility index (Phi) is 6.45. The summed E-state index contributed by atoms with van der Waals surface area (Å²) in [5, 5.41) is 6.17. The molecule has 136 valence electrons. The van der Waals surface area contributed by atoms with E-state index in [1.165, 1.54) is 12.8 Å². The van der Waals surface area contributed by atoms with Crippen molar-refractivity contribution < 1.29 is 9.59 Å². The number of piperidine rings is 1. The predicted octanol–water partition coefficient (Wildman–Crippen LogP) is 2.07. The Hall–Kier alpha value is -1.88. The second kappa shape index (κ2) is 8.99. The van der Waals surface area contributed by atoms with Crippen molar-refractivity contribution >= 4 is 11.8 Å². The summed E-state index contributed by atoms with van der Waals surface area (Å²) in [4.78, 5) is 26.6. The molecule has 0 aromatic heterocycles. The van der Waals surface area contributed by atoms with Gasteiger partial charge in [0.15, 0.2) is 0 Å². The van der Waals surface area contributed by atoms with Crippen molar-refractivity contribution in [3.8, 4) is 0 Å². The molecule has 25 heavy (non-hydrogen) atoms. The first-order chi connectivity index (χ1) is 12.2. The van der Waals surface area contributed by atoms with E-state index in [2.05, 4.69) is 15.5 Å². The minimum atomic E-state index is 0.0675. The normalized spacial score (nSPS) is 19.7. The molecule has 5 nitrogen and oxygen atoms in total. The largest absolute Gasteiger partial charge is 0.352 e. The molecule has 2 amide bonds. The van der Waals surface area contributed by atoms with E-state index >= 15 is 0 Å².